The summed E-state index contributed by atoms with van der Waals surface area (Å²) >= 11 is 0. The fourth-order valence-corrected chi connectivity index (χ4v) is 1.92. The van der Waals surface area contributed by atoms with Crippen molar-refractivity contribution in [2.45, 2.75) is 30.8 Å². The van der Waals surface area contributed by atoms with E-state index >= 15 is 0 Å². The lowest BCUT2D eigenvalue weighted by atomic mass is 10.2. The van der Waals surface area contributed by atoms with Gasteiger partial charge in [0.05, 0.1) is 10.9 Å². The lowest BCUT2D eigenvalue weighted by Crippen LogP contribution is -2.39. The van der Waals surface area contributed by atoms with Crippen LogP contribution in [0.1, 0.15) is 18.9 Å². The Hall–Kier alpha value is -1.15. The van der Waals surface area contributed by atoms with Crippen molar-refractivity contribution < 1.29 is 13.2 Å². The van der Waals surface area contributed by atoms with E-state index in [0.717, 1.165) is 0 Å². The number of benzene rings is 1. The first-order chi connectivity index (χ1) is 8.34. The molecule has 1 aromatic carbocycles. The summed E-state index contributed by atoms with van der Waals surface area (Å²) in [6, 6.07) is 5.55. The van der Waals surface area contributed by atoms with Crippen molar-refractivity contribution >= 4 is 28.3 Å². The molecule has 108 valence electrons. The number of sulfonamides is 1. The summed E-state index contributed by atoms with van der Waals surface area (Å²) in [5.41, 5.74) is 6.20. The van der Waals surface area contributed by atoms with Crippen LogP contribution in [0.5, 0.6) is 0 Å². The highest BCUT2D eigenvalue weighted by molar-refractivity contribution is 7.89. The fraction of sp³-hybridized carbons (Fsp3) is 0.364. The van der Waals surface area contributed by atoms with Gasteiger partial charge in [-0.3, -0.25) is 4.79 Å². The summed E-state index contributed by atoms with van der Waals surface area (Å²) in [4.78, 5) is 11.5. The van der Waals surface area contributed by atoms with Crippen molar-refractivity contribution in [2.75, 3.05) is 0 Å². The number of nitrogens with two attached hydrogens (primary N) is 2. The minimum Gasteiger partial charge on any atom is -0.351 e. The van der Waals surface area contributed by atoms with Crippen LogP contribution in [-0.2, 0) is 21.4 Å². The Kier molecular flexibility index (Phi) is 6.99. The molecule has 0 aromatic heterocycles. The highest BCUT2D eigenvalue weighted by Crippen LogP contribution is 2.09. The number of hydrogen-bond acceptors (Lipinski definition) is 4. The number of nitrogens with one attached hydrogen (secondary N) is 1. The van der Waals surface area contributed by atoms with Gasteiger partial charge in [-0.2, -0.15) is 0 Å². The second-order valence-corrected chi connectivity index (χ2v) is 5.49. The highest BCUT2D eigenvalue weighted by Gasteiger charge is 2.11. The smallest absolute Gasteiger partial charge is 0.238 e. The van der Waals surface area contributed by atoms with Crippen LogP contribution < -0.4 is 16.2 Å². The summed E-state index contributed by atoms with van der Waals surface area (Å²) in [5.74, 6) is -0.265. The van der Waals surface area contributed by atoms with E-state index in [4.69, 9.17) is 10.9 Å². The van der Waals surface area contributed by atoms with E-state index in [9.17, 15) is 13.2 Å². The largest absolute Gasteiger partial charge is 0.351 e. The van der Waals surface area contributed by atoms with E-state index in [1.165, 1.54) is 12.1 Å². The molecule has 0 saturated carbocycles. The molecule has 0 heterocycles. The van der Waals surface area contributed by atoms with Crippen molar-refractivity contribution in [3.63, 3.8) is 0 Å². The molecule has 0 fully saturated rings. The third kappa shape index (κ3) is 5.56. The van der Waals surface area contributed by atoms with Crippen LogP contribution in [0.2, 0.25) is 0 Å². The van der Waals surface area contributed by atoms with Gasteiger partial charge in [0, 0.05) is 6.54 Å². The maximum Gasteiger partial charge on any atom is 0.238 e. The molecule has 0 aliphatic heterocycles. The van der Waals surface area contributed by atoms with Crippen LogP contribution in [-0.4, -0.2) is 20.4 Å². The third-order valence-corrected chi connectivity index (χ3v) is 3.38. The van der Waals surface area contributed by atoms with Gasteiger partial charge in [0.1, 0.15) is 0 Å². The zero-order chi connectivity index (χ0) is 13.8. The second kappa shape index (κ2) is 7.44. The summed E-state index contributed by atoms with van der Waals surface area (Å²) in [7, 11) is -3.72. The maximum atomic E-state index is 11.5. The van der Waals surface area contributed by atoms with E-state index in [1.54, 1.807) is 12.1 Å². The van der Waals surface area contributed by atoms with Gasteiger partial charge in [-0.1, -0.05) is 19.1 Å². The molecule has 1 amide bonds. The Balaban J connectivity index is 0.00000324. The van der Waals surface area contributed by atoms with Crippen molar-refractivity contribution in [3.05, 3.63) is 29.8 Å². The Morgan fingerprint density at radius 2 is 2.05 bits per heavy atom. The zero-order valence-corrected chi connectivity index (χ0v) is 12.1. The number of halogens is 1. The number of rotatable bonds is 5. The van der Waals surface area contributed by atoms with Crippen LogP contribution in [0, 0.1) is 0 Å². The fourth-order valence-electron chi connectivity index (χ4n) is 1.34. The lowest BCUT2D eigenvalue weighted by Gasteiger charge is -2.10. The number of carbonyl (C=O) groups excluding carboxylic acids is 1. The molecule has 8 heteroatoms. The monoisotopic (exact) mass is 307 g/mol. The minimum atomic E-state index is -3.72. The predicted octanol–water partition coefficient (Wildman–Crippen LogP) is 0.109. The third-order valence-electron chi connectivity index (χ3n) is 2.47. The summed E-state index contributed by atoms with van der Waals surface area (Å²) in [5, 5.41) is 7.64. The van der Waals surface area contributed by atoms with Crippen LogP contribution >= 0.6 is 12.4 Å². The Morgan fingerprint density at radius 3 is 2.58 bits per heavy atom. The Labute approximate surface area is 119 Å². The molecule has 1 atom stereocenters. The molecule has 0 bridgehead atoms. The molecular formula is C11H18ClN3O3S. The molecule has 0 aliphatic rings. The van der Waals surface area contributed by atoms with Crippen LogP contribution in [0.25, 0.3) is 0 Å². The van der Waals surface area contributed by atoms with Gasteiger partial charge < -0.3 is 11.1 Å². The summed E-state index contributed by atoms with van der Waals surface area (Å²) in [6.45, 7) is 2.03. The normalized spacial score (nSPS) is 12.4. The molecule has 6 nitrogen and oxygen atoms in total. The molecule has 0 aliphatic carbocycles. The molecule has 5 N–H and O–H groups in total. The molecule has 0 radical (unpaired) electrons. The highest BCUT2D eigenvalue weighted by atomic mass is 35.5. The average molecular weight is 308 g/mol. The number of hydrogen-bond donors (Lipinski definition) is 3. The van der Waals surface area contributed by atoms with Gasteiger partial charge in [-0.05, 0) is 24.1 Å². The molecular weight excluding hydrogens is 290 g/mol. The Bertz CT molecular complexity index is 534. The minimum absolute atomic E-state index is 0. The van der Waals surface area contributed by atoms with Crippen molar-refractivity contribution in [3.8, 4) is 0 Å². The van der Waals surface area contributed by atoms with Gasteiger partial charge in [0.2, 0.25) is 15.9 Å². The zero-order valence-electron chi connectivity index (χ0n) is 10.5. The van der Waals surface area contributed by atoms with Gasteiger partial charge >= 0.3 is 0 Å². The van der Waals surface area contributed by atoms with Crippen molar-refractivity contribution in [1.29, 1.82) is 0 Å². The van der Waals surface area contributed by atoms with Gasteiger partial charge in [-0.15, -0.1) is 12.4 Å². The van der Waals surface area contributed by atoms with Crippen LogP contribution in [0.15, 0.2) is 29.2 Å². The molecule has 1 rings (SSSR count). The number of amides is 1. The molecule has 0 spiro atoms. The van der Waals surface area contributed by atoms with E-state index < -0.39 is 16.1 Å². The first-order valence-corrected chi connectivity index (χ1v) is 7.04. The quantitative estimate of drug-likeness (QED) is 0.716. The first-order valence-electron chi connectivity index (χ1n) is 5.49. The van der Waals surface area contributed by atoms with E-state index in [-0.39, 0.29) is 29.8 Å². The first kappa shape index (κ1) is 17.8. The maximum absolute atomic E-state index is 11.5. The number of primary sulfonamides is 1. The van der Waals surface area contributed by atoms with E-state index in [0.29, 0.717) is 12.0 Å². The summed E-state index contributed by atoms with van der Waals surface area (Å²) in [6.07, 6.45) is 0.545. The molecule has 0 saturated heterocycles. The molecule has 1 aromatic rings. The van der Waals surface area contributed by atoms with Crippen molar-refractivity contribution in [2.24, 2.45) is 10.9 Å². The van der Waals surface area contributed by atoms with Crippen molar-refractivity contribution in [1.82, 2.24) is 5.32 Å². The summed E-state index contributed by atoms with van der Waals surface area (Å²) < 4.78 is 22.3. The van der Waals surface area contributed by atoms with E-state index in [1.807, 2.05) is 6.92 Å². The average Bonchev–Trinajstić information content (AvgIpc) is 2.34. The number of carbonyl (C=O) groups is 1. The SMILES string of the molecule is CC[C@H](N)C(=O)NCc1cccc(S(N)(=O)=O)c1.Cl. The second-order valence-electron chi connectivity index (χ2n) is 3.92. The van der Waals surface area contributed by atoms with Gasteiger partial charge in [-0.25, -0.2) is 13.6 Å². The van der Waals surface area contributed by atoms with Gasteiger partial charge in [0.25, 0.3) is 0 Å². The molecule has 19 heavy (non-hydrogen) atoms. The lowest BCUT2D eigenvalue weighted by molar-refractivity contribution is -0.122. The Morgan fingerprint density at radius 1 is 1.42 bits per heavy atom. The standard InChI is InChI=1S/C11H17N3O3S.ClH/c1-2-10(12)11(15)14-7-8-4-3-5-9(6-8)18(13,16)17;/h3-6,10H,2,7,12H2,1H3,(H,14,15)(H2,13,16,17);1H/t10-;/m0./s1. The van der Waals surface area contributed by atoms with E-state index in [2.05, 4.69) is 5.32 Å². The van der Waals surface area contributed by atoms with Crippen LogP contribution in [0.3, 0.4) is 0 Å². The molecule has 0 unspecified atom stereocenters. The van der Waals surface area contributed by atoms with Crippen LogP contribution in [0.4, 0.5) is 0 Å². The van der Waals surface area contributed by atoms with Gasteiger partial charge in [0.15, 0.2) is 0 Å². The topological polar surface area (TPSA) is 115 Å². The predicted molar refractivity (Wildman–Crippen MR) is 75.2 cm³/mol.